The number of hydrogen-bond acceptors (Lipinski definition) is 3. The summed E-state index contributed by atoms with van der Waals surface area (Å²) in [6, 6.07) is 5.26. The van der Waals surface area contributed by atoms with Gasteiger partial charge in [0.1, 0.15) is 0 Å². The van der Waals surface area contributed by atoms with Gasteiger partial charge in [-0.3, -0.25) is 4.57 Å². The van der Waals surface area contributed by atoms with E-state index in [1.165, 1.54) is 11.3 Å². The van der Waals surface area contributed by atoms with E-state index in [1.54, 1.807) is 36.2 Å². The van der Waals surface area contributed by atoms with Gasteiger partial charge in [-0.1, -0.05) is 29.3 Å². The van der Waals surface area contributed by atoms with Gasteiger partial charge in [-0.25, -0.2) is 4.98 Å². The van der Waals surface area contributed by atoms with Crippen molar-refractivity contribution < 1.29 is 4.57 Å². The molecule has 7 heteroatoms. The molecule has 1 aliphatic carbocycles. The Balaban J connectivity index is 1.91. The zero-order valence-electron chi connectivity index (χ0n) is 11.5. The first kappa shape index (κ1) is 15.4. The van der Waals surface area contributed by atoms with E-state index in [2.05, 4.69) is 10.1 Å². The van der Waals surface area contributed by atoms with E-state index >= 15 is 0 Å². The Morgan fingerprint density at radius 1 is 1.29 bits per heavy atom. The molecule has 21 heavy (non-hydrogen) atoms. The fourth-order valence-electron chi connectivity index (χ4n) is 2.39. The zero-order valence-corrected chi connectivity index (χ0v) is 14.8. The number of benzene rings is 1. The highest BCUT2D eigenvalue weighted by Crippen LogP contribution is 2.45. The molecule has 0 bridgehead atoms. The van der Waals surface area contributed by atoms with Gasteiger partial charge in [-0.05, 0) is 37.8 Å². The first-order valence-electron chi connectivity index (χ1n) is 6.76. The Morgan fingerprint density at radius 2 is 2.05 bits per heavy atom. The van der Waals surface area contributed by atoms with E-state index in [0.29, 0.717) is 20.5 Å². The molecule has 1 N–H and O–H groups in total. The minimum absolute atomic E-state index is 0.391. The predicted octanol–water partition coefficient (Wildman–Crippen LogP) is 4.97. The van der Waals surface area contributed by atoms with E-state index in [1.807, 2.05) is 0 Å². The molecule has 3 rings (SSSR count). The van der Waals surface area contributed by atoms with Crippen LogP contribution < -0.4 is 9.84 Å². The largest absolute Gasteiger partial charge is 0.330 e. The molecule has 0 aliphatic heterocycles. The molecule has 1 atom stereocenters. The Bertz CT molecular complexity index is 708. The molecular weight excluding hydrogens is 346 g/mol. The highest BCUT2D eigenvalue weighted by molar-refractivity contribution is 7.77. The maximum Gasteiger partial charge on any atom is 0.223 e. The van der Waals surface area contributed by atoms with E-state index in [0.717, 1.165) is 25.0 Å². The van der Waals surface area contributed by atoms with Crippen molar-refractivity contribution >= 4 is 52.3 Å². The summed E-state index contributed by atoms with van der Waals surface area (Å²) >= 11 is 13.7. The van der Waals surface area contributed by atoms with Gasteiger partial charge in [0.25, 0.3) is 0 Å². The van der Waals surface area contributed by atoms with Gasteiger partial charge in [-0.2, -0.15) is 0 Å². The molecule has 1 heterocycles. The lowest BCUT2D eigenvalue weighted by Gasteiger charge is -2.15. The van der Waals surface area contributed by atoms with Crippen LogP contribution in [-0.4, -0.2) is 11.6 Å². The first-order valence-corrected chi connectivity index (χ1v) is 10.5. The average molecular weight is 361 g/mol. The van der Waals surface area contributed by atoms with Crippen LogP contribution in [0, 0.1) is 0 Å². The molecule has 0 fully saturated rings. The molecule has 112 valence electrons. The Morgan fingerprint density at radius 3 is 2.81 bits per heavy atom. The minimum Gasteiger partial charge on any atom is -0.330 e. The predicted molar refractivity (Wildman–Crippen MR) is 92.0 cm³/mol. The maximum atomic E-state index is 13.0. The number of halogens is 2. The van der Waals surface area contributed by atoms with Gasteiger partial charge in [0.15, 0.2) is 4.75 Å². The average Bonchev–Trinajstić information content (AvgIpc) is 2.88. The molecule has 3 nitrogen and oxygen atoms in total. The molecule has 0 radical (unpaired) electrons. The second-order valence-electron chi connectivity index (χ2n) is 5.21. The summed E-state index contributed by atoms with van der Waals surface area (Å²) in [7, 11) is -2.80. The van der Waals surface area contributed by atoms with Crippen LogP contribution in [0.15, 0.2) is 18.2 Å². The van der Waals surface area contributed by atoms with E-state index < -0.39 is 7.29 Å². The first-order chi connectivity index (χ1) is 9.97. The summed E-state index contributed by atoms with van der Waals surface area (Å²) in [6.45, 7) is 1.69. The number of rotatable bonds is 3. The van der Waals surface area contributed by atoms with Crippen molar-refractivity contribution in [3.63, 3.8) is 0 Å². The number of hydrogen-bond donors (Lipinski definition) is 1. The second kappa shape index (κ2) is 5.92. The summed E-state index contributed by atoms with van der Waals surface area (Å²) in [6.07, 6.45) is 4.39. The lowest BCUT2D eigenvalue weighted by molar-refractivity contribution is 0.587. The molecule has 1 aliphatic rings. The Kier molecular flexibility index (Phi) is 4.33. The summed E-state index contributed by atoms with van der Waals surface area (Å²) < 4.78 is 13.7. The lowest BCUT2D eigenvalue weighted by atomic mass is 10.0. The monoisotopic (exact) mass is 360 g/mol. The molecule has 0 spiro atoms. The third kappa shape index (κ3) is 3.14. The number of nitrogens with zero attached hydrogens (tertiary/aromatic N) is 1. The minimum atomic E-state index is -2.80. The standard InChI is InChI=1S/C14H15Cl2N2OPS/c1-20(19,18-11-7-4-5-9(15)13(11)16)14-17-10-6-2-3-8-12(10)21-14/h4-5,7H,2-3,6,8H2,1H3,(H,18,19). The van der Waals surface area contributed by atoms with Crippen LogP contribution in [0.2, 0.25) is 10.0 Å². The lowest BCUT2D eigenvalue weighted by Crippen LogP contribution is -2.11. The van der Waals surface area contributed by atoms with E-state index in [4.69, 9.17) is 23.2 Å². The van der Waals surface area contributed by atoms with Crippen molar-refractivity contribution in [3.8, 4) is 0 Å². The van der Waals surface area contributed by atoms with Crippen LogP contribution in [0.4, 0.5) is 5.69 Å². The van der Waals surface area contributed by atoms with Crippen molar-refractivity contribution in [2.75, 3.05) is 11.8 Å². The van der Waals surface area contributed by atoms with Crippen molar-refractivity contribution in [2.24, 2.45) is 0 Å². The fourth-order valence-corrected chi connectivity index (χ4v) is 5.91. The molecular formula is C14H15Cl2N2OPS. The highest BCUT2D eigenvalue weighted by atomic mass is 35.5. The summed E-state index contributed by atoms with van der Waals surface area (Å²) in [5, 5.41) is 3.88. The van der Waals surface area contributed by atoms with Crippen LogP contribution >= 0.6 is 41.8 Å². The highest BCUT2D eigenvalue weighted by Gasteiger charge is 2.27. The number of nitrogens with one attached hydrogen (secondary N) is 1. The second-order valence-corrected chi connectivity index (χ2v) is 9.88. The van der Waals surface area contributed by atoms with Crippen LogP contribution in [0.25, 0.3) is 0 Å². The quantitative estimate of drug-likeness (QED) is 0.785. The van der Waals surface area contributed by atoms with E-state index in [-0.39, 0.29) is 0 Å². The van der Waals surface area contributed by atoms with Gasteiger partial charge in [-0.15, -0.1) is 11.3 Å². The summed E-state index contributed by atoms with van der Waals surface area (Å²) in [4.78, 5) is 5.86. The van der Waals surface area contributed by atoms with Crippen LogP contribution in [0.5, 0.6) is 0 Å². The SMILES string of the molecule is CP(=O)(Nc1cccc(Cl)c1Cl)c1nc2c(s1)CCCC2. The maximum absolute atomic E-state index is 13.0. The van der Waals surface area contributed by atoms with Crippen LogP contribution in [0.3, 0.4) is 0 Å². The molecule has 0 saturated carbocycles. The van der Waals surface area contributed by atoms with Crippen molar-refractivity contribution in [1.82, 2.24) is 4.98 Å². The third-order valence-electron chi connectivity index (χ3n) is 3.48. The van der Waals surface area contributed by atoms with Gasteiger partial charge < -0.3 is 5.09 Å². The molecule has 0 saturated heterocycles. The Hall–Kier alpha value is -0.540. The van der Waals surface area contributed by atoms with Crippen molar-refractivity contribution in [3.05, 3.63) is 38.8 Å². The molecule has 1 unspecified atom stereocenters. The third-order valence-corrected chi connectivity index (χ3v) is 8.08. The number of thiazole rings is 1. The fraction of sp³-hybridized carbons (Fsp3) is 0.357. The zero-order chi connectivity index (χ0) is 15.0. The number of aromatic nitrogens is 1. The van der Waals surface area contributed by atoms with Crippen LogP contribution in [0.1, 0.15) is 23.4 Å². The van der Waals surface area contributed by atoms with Crippen LogP contribution in [-0.2, 0) is 17.4 Å². The topological polar surface area (TPSA) is 42.0 Å². The van der Waals surface area contributed by atoms with Gasteiger partial charge >= 0.3 is 0 Å². The number of aryl methyl sites for hydroxylation is 2. The van der Waals surface area contributed by atoms with Gasteiger partial charge in [0.2, 0.25) is 7.29 Å². The molecule has 1 aromatic heterocycles. The van der Waals surface area contributed by atoms with Gasteiger partial charge in [0.05, 0.1) is 21.4 Å². The van der Waals surface area contributed by atoms with E-state index in [9.17, 15) is 4.57 Å². The molecule has 1 aromatic carbocycles. The Labute approximate surface area is 138 Å². The molecule has 0 amide bonds. The smallest absolute Gasteiger partial charge is 0.223 e. The number of anilines is 1. The van der Waals surface area contributed by atoms with Gasteiger partial charge in [0, 0.05) is 11.5 Å². The summed E-state index contributed by atoms with van der Waals surface area (Å²) in [5.41, 5.74) is 1.70. The number of fused-ring (bicyclic) bond motifs is 1. The van der Waals surface area contributed by atoms with Crippen molar-refractivity contribution in [2.45, 2.75) is 25.7 Å². The van der Waals surface area contributed by atoms with Crippen molar-refractivity contribution in [1.29, 1.82) is 0 Å². The molecule has 2 aromatic rings. The normalized spacial score (nSPS) is 17.1. The summed E-state index contributed by atoms with van der Waals surface area (Å²) in [5.74, 6) is 0.